The normalized spacial score (nSPS) is 26.9. The van der Waals surface area contributed by atoms with Gasteiger partial charge in [-0.15, -0.1) is 0 Å². The summed E-state index contributed by atoms with van der Waals surface area (Å²) in [6, 6.07) is -0.0769. The highest BCUT2D eigenvalue weighted by Gasteiger charge is 2.30. The summed E-state index contributed by atoms with van der Waals surface area (Å²) in [5.74, 6) is 0.734. The van der Waals surface area contributed by atoms with E-state index in [-0.39, 0.29) is 5.91 Å². The van der Waals surface area contributed by atoms with E-state index in [2.05, 4.69) is 13.8 Å². The van der Waals surface area contributed by atoms with Crippen LogP contribution < -0.4 is 5.73 Å². The smallest absolute Gasteiger partial charge is 0.239 e. The van der Waals surface area contributed by atoms with Crippen LogP contribution in [0.4, 0.5) is 0 Å². The van der Waals surface area contributed by atoms with Gasteiger partial charge in [0.05, 0.1) is 6.04 Å². The van der Waals surface area contributed by atoms with Crippen LogP contribution in [0, 0.1) is 5.92 Å². The lowest BCUT2D eigenvalue weighted by Gasteiger charge is -2.39. The molecule has 3 atom stereocenters. The molecule has 0 saturated carbocycles. The second kappa shape index (κ2) is 6.97. The fraction of sp³-hybridized carbons (Fsp3) is 0.923. The van der Waals surface area contributed by atoms with Gasteiger partial charge in [0, 0.05) is 26.3 Å². The minimum absolute atomic E-state index is 0.0905. The van der Waals surface area contributed by atoms with Crippen molar-refractivity contribution in [3.05, 3.63) is 0 Å². The standard InChI is InChI=1S/C13H26N2O2/c1-4-11-6-5-10(2)15(9-11)13(16)12(14)7-8-17-3/h10-12H,4-9,14H2,1-3H3. The van der Waals surface area contributed by atoms with Crippen molar-refractivity contribution in [1.82, 2.24) is 4.90 Å². The first-order chi connectivity index (χ1) is 8.10. The summed E-state index contributed by atoms with van der Waals surface area (Å²) in [5, 5.41) is 0. The van der Waals surface area contributed by atoms with E-state index in [1.54, 1.807) is 7.11 Å². The third-order valence-electron chi connectivity index (χ3n) is 3.79. The molecule has 3 unspecified atom stereocenters. The highest BCUT2D eigenvalue weighted by atomic mass is 16.5. The quantitative estimate of drug-likeness (QED) is 0.792. The van der Waals surface area contributed by atoms with Crippen LogP contribution in [0.25, 0.3) is 0 Å². The zero-order chi connectivity index (χ0) is 12.8. The maximum absolute atomic E-state index is 12.2. The Morgan fingerprint density at radius 1 is 1.53 bits per heavy atom. The largest absolute Gasteiger partial charge is 0.385 e. The van der Waals surface area contributed by atoms with Crippen molar-refractivity contribution < 1.29 is 9.53 Å². The molecule has 0 aliphatic carbocycles. The second-order valence-electron chi connectivity index (χ2n) is 5.08. The molecule has 2 N–H and O–H groups in total. The summed E-state index contributed by atoms with van der Waals surface area (Å²) in [6.07, 6.45) is 4.08. The topological polar surface area (TPSA) is 55.6 Å². The summed E-state index contributed by atoms with van der Waals surface area (Å²) in [4.78, 5) is 14.2. The molecule has 0 aromatic rings. The number of methoxy groups -OCH3 is 1. The van der Waals surface area contributed by atoms with E-state index in [1.165, 1.54) is 6.42 Å². The van der Waals surface area contributed by atoms with Crippen LogP contribution in [0.1, 0.15) is 39.5 Å². The average Bonchev–Trinajstić information content (AvgIpc) is 2.35. The Hall–Kier alpha value is -0.610. The Labute approximate surface area is 104 Å². The zero-order valence-corrected chi connectivity index (χ0v) is 11.3. The molecule has 1 amide bonds. The van der Waals surface area contributed by atoms with Gasteiger partial charge in [-0.2, -0.15) is 0 Å². The molecule has 4 nitrogen and oxygen atoms in total. The molecule has 1 saturated heterocycles. The van der Waals surface area contributed by atoms with Gasteiger partial charge in [-0.05, 0) is 32.1 Å². The zero-order valence-electron chi connectivity index (χ0n) is 11.3. The van der Waals surface area contributed by atoms with E-state index in [0.717, 1.165) is 19.4 Å². The number of amides is 1. The van der Waals surface area contributed by atoms with E-state index in [0.29, 0.717) is 25.0 Å². The summed E-state index contributed by atoms with van der Waals surface area (Å²) in [5.41, 5.74) is 5.91. The molecule has 1 fully saturated rings. The van der Waals surface area contributed by atoms with Crippen molar-refractivity contribution in [3.63, 3.8) is 0 Å². The van der Waals surface area contributed by atoms with Crippen molar-refractivity contribution in [2.24, 2.45) is 11.7 Å². The molecule has 0 bridgehead atoms. The molecule has 0 aromatic carbocycles. The van der Waals surface area contributed by atoms with Crippen LogP contribution >= 0.6 is 0 Å². The van der Waals surface area contributed by atoms with Gasteiger partial charge in [0.1, 0.15) is 0 Å². The number of hydrogen-bond acceptors (Lipinski definition) is 3. The number of nitrogens with two attached hydrogens (primary N) is 1. The van der Waals surface area contributed by atoms with Crippen molar-refractivity contribution in [3.8, 4) is 0 Å². The molecular formula is C13H26N2O2. The second-order valence-corrected chi connectivity index (χ2v) is 5.08. The maximum atomic E-state index is 12.2. The van der Waals surface area contributed by atoms with Crippen LogP contribution in [-0.2, 0) is 9.53 Å². The van der Waals surface area contributed by atoms with Gasteiger partial charge >= 0.3 is 0 Å². The van der Waals surface area contributed by atoms with Crippen LogP contribution in [0.3, 0.4) is 0 Å². The van der Waals surface area contributed by atoms with Gasteiger partial charge in [0.2, 0.25) is 5.91 Å². The number of carbonyl (C=O) groups excluding carboxylic acids is 1. The van der Waals surface area contributed by atoms with Crippen molar-refractivity contribution in [2.45, 2.75) is 51.6 Å². The van der Waals surface area contributed by atoms with Crippen LogP contribution in [-0.4, -0.2) is 43.2 Å². The monoisotopic (exact) mass is 242 g/mol. The molecule has 17 heavy (non-hydrogen) atoms. The van der Waals surface area contributed by atoms with Gasteiger partial charge in [-0.25, -0.2) is 0 Å². The molecule has 0 spiro atoms. The number of likely N-dealkylation sites (tertiary alicyclic amines) is 1. The van der Waals surface area contributed by atoms with Crippen molar-refractivity contribution in [1.29, 1.82) is 0 Å². The van der Waals surface area contributed by atoms with Crippen molar-refractivity contribution in [2.75, 3.05) is 20.3 Å². The predicted molar refractivity (Wildman–Crippen MR) is 68.7 cm³/mol. The number of carbonyl (C=O) groups is 1. The van der Waals surface area contributed by atoms with Crippen LogP contribution in [0.5, 0.6) is 0 Å². The maximum Gasteiger partial charge on any atom is 0.239 e. The SMILES string of the molecule is CCC1CCC(C)N(C(=O)C(N)CCOC)C1. The number of nitrogens with zero attached hydrogens (tertiary/aromatic N) is 1. The van der Waals surface area contributed by atoms with Gasteiger partial charge in [0.15, 0.2) is 0 Å². The Balaban J connectivity index is 2.53. The Morgan fingerprint density at radius 3 is 2.82 bits per heavy atom. The van der Waals surface area contributed by atoms with Gasteiger partial charge in [-0.3, -0.25) is 4.79 Å². The minimum Gasteiger partial charge on any atom is -0.385 e. The summed E-state index contributed by atoms with van der Waals surface area (Å²) in [6.45, 7) is 5.73. The molecule has 0 radical (unpaired) electrons. The number of ether oxygens (including phenoxy) is 1. The fourth-order valence-electron chi connectivity index (χ4n) is 2.40. The first-order valence-corrected chi connectivity index (χ1v) is 6.65. The van der Waals surface area contributed by atoms with E-state index < -0.39 is 6.04 Å². The minimum atomic E-state index is -0.409. The van der Waals surface area contributed by atoms with E-state index in [1.807, 2.05) is 4.90 Å². The summed E-state index contributed by atoms with van der Waals surface area (Å²) >= 11 is 0. The number of piperidine rings is 1. The van der Waals surface area contributed by atoms with Gasteiger partial charge in [0.25, 0.3) is 0 Å². The molecule has 1 heterocycles. The van der Waals surface area contributed by atoms with E-state index in [4.69, 9.17) is 10.5 Å². The highest BCUT2D eigenvalue weighted by Crippen LogP contribution is 2.24. The van der Waals surface area contributed by atoms with E-state index >= 15 is 0 Å². The Bertz CT molecular complexity index is 246. The average molecular weight is 242 g/mol. The predicted octanol–water partition coefficient (Wildman–Crippen LogP) is 1.39. The molecule has 100 valence electrons. The molecule has 4 heteroatoms. The molecule has 0 aromatic heterocycles. The molecular weight excluding hydrogens is 216 g/mol. The Morgan fingerprint density at radius 2 is 2.24 bits per heavy atom. The van der Waals surface area contributed by atoms with Crippen LogP contribution in [0.15, 0.2) is 0 Å². The molecule has 1 rings (SSSR count). The first-order valence-electron chi connectivity index (χ1n) is 6.65. The Kier molecular flexibility index (Phi) is 5.92. The fourth-order valence-corrected chi connectivity index (χ4v) is 2.40. The molecule has 1 aliphatic heterocycles. The van der Waals surface area contributed by atoms with Gasteiger partial charge < -0.3 is 15.4 Å². The number of hydrogen-bond donors (Lipinski definition) is 1. The van der Waals surface area contributed by atoms with Crippen molar-refractivity contribution >= 4 is 5.91 Å². The first kappa shape index (κ1) is 14.5. The number of rotatable bonds is 5. The third kappa shape index (κ3) is 3.96. The van der Waals surface area contributed by atoms with Gasteiger partial charge in [-0.1, -0.05) is 13.3 Å². The lowest BCUT2D eigenvalue weighted by Crippen LogP contribution is -2.52. The summed E-state index contributed by atoms with van der Waals surface area (Å²) < 4.78 is 4.97. The third-order valence-corrected chi connectivity index (χ3v) is 3.79. The van der Waals surface area contributed by atoms with Crippen LogP contribution in [0.2, 0.25) is 0 Å². The van der Waals surface area contributed by atoms with E-state index in [9.17, 15) is 4.79 Å². The summed E-state index contributed by atoms with van der Waals surface area (Å²) in [7, 11) is 1.63. The highest BCUT2D eigenvalue weighted by molar-refractivity contribution is 5.82. The molecule has 1 aliphatic rings. The lowest BCUT2D eigenvalue weighted by molar-refractivity contribution is -0.137. The lowest BCUT2D eigenvalue weighted by atomic mass is 9.91.